The molecule has 0 saturated carbocycles. The molecule has 20 heavy (non-hydrogen) atoms. The Hall–Kier alpha value is -1.69. The largest absolute Gasteiger partial charge is 0.574 e. The Kier molecular flexibility index (Phi) is 4.70. The van der Waals surface area contributed by atoms with Gasteiger partial charge in [0.05, 0.1) is 29.6 Å². The first kappa shape index (κ1) is 16.4. The Labute approximate surface area is 113 Å². The second kappa shape index (κ2) is 5.75. The van der Waals surface area contributed by atoms with Crippen LogP contribution in [0.15, 0.2) is 6.07 Å². The van der Waals surface area contributed by atoms with Gasteiger partial charge < -0.3 is 4.74 Å². The lowest BCUT2D eigenvalue weighted by Crippen LogP contribution is -2.20. The number of nitrogens with zero attached hydrogens (tertiary/aromatic N) is 2. The minimum absolute atomic E-state index is 0.0935. The fourth-order valence-electron chi connectivity index (χ4n) is 1.41. The number of hydrogen-bond acceptors (Lipinski definition) is 3. The van der Waals surface area contributed by atoms with E-state index in [4.69, 9.17) is 16.9 Å². The predicted octanol–water partition coefficient (Wildman–Crippen LogP) is 3.80. The molecule has 1 heterocycles. The fraction of sp³-hybridized carbons (Fsp3) is 0.400. The molecule has 0 aliphatic heterocycles. The normalized spacial score (nSPS) is 12.1. The quantitative estimate of drug-likeness (QED) is 0.629. The van der Waals surface area contributed by atoms with Crippen molar-refractivity contribution in [2.45, 2.75) is 24.8 Å². The zero-order valence-corrected chi connectivity index (χ0v) is 10.2. The molecule has 0 aromatic carbocycles. The van der Waals surface area contributed by atoms with Crippen molar-refractivity contribution in [2.75, 3.05) is 0 Å². The maximum absolute atomic E-state index is 12.8. The van der Waals surface area contributed by atoms with Crippen LogP contribution in [0.2, 0.25) is 0 Å². The molecule has 0 radical (unpaired) electrons. The number of nitriles is 1. The molecule has 0 unspecified atom stereocenters. The van der Waals surface area contributed by atoms with Crippen LogP contribution in [0.5, 0.6) is 5.88 Å². The van der Waals surface area contributed by atoms with Crippen molar-refractivity contribution < 1.29 is 31.1 Å². The van der Waals surface area contributed by atoms with Crippen LogP contribution in [-0.2, 0) is 18.5 Å². The average molecular weight is 319 g/mol. The van der Waals surface area contributed by atoms with Crippen LogP contribution in [0, 0.1) is 11.3 Å². The van der Waals surface area contributed by atoms with E-state index in [0.717, 1.165) is 0 Å². The van der Waals surface area contributed by atoms with Gasteiger partial charge in [0.15, 0.2) is 0 Å². The lowest BCUT2D eigenvalue weighted by Gasteiger charge is -2.16. The van der Waals surface area contributed by atoms with E-state index in [1.165, 1.54) is 6.07 Å². The van der Waals surface area contributed by atoms with Gasteiger partial charge in [0.1, 0.15) is 0 Å². The number of ether oxygens (including phenoxy) is 1. The van der Waals surface area contributed by atoms with Gasteiger partial charge in [0.2, 0.25) is 5.88 Å². The van der Waals surface area contributed by atoms with Crippen molar-refractivity contribution in [3.8, 4) is 11.9 Å². The van der Waals surface area contributed by atoms with Gasteiger partial charge in [0, 0.05) is 11.6 Å². The number of hydrogen-bond donors (Lipinski definition) is 0. The number of pyridine rings is 1. The van der Waals surface area contributed by atoms with Crippen LogP contribution in [0.1, 0.15) is 16.8 Å². The van der Waals surface area contributed by atoms with Crippen LogP contribution < -0.4 is 4.74 Å². The Balaban J connectivity index is 3.44. The maximum Gasteiger partial charge on any atom is 0.574 e. The highest BCUT2D eigenvalue weighted by Gasteiger charge is 2.38. The van der Waals surface area contributed by atoms with Crippen molar-refractivity contribution in [1.82, 2.24) is 4.98 Å². The number of halogens is 7. The predicted molar refractivity (Wildman–Crippen MR) is 54.8 cm³/mol. The molecule has 1 aromatic rings. The highest BCUT2D eigenvalue weighted by Crippen LogP contribution is 2.36. The third-order valence-corrected chi connectivity index (χ3v) is 2.35. The second-order valence-electron chi connectivity index (χ2n) is 3.45. The summed E-state index contributed by atoms with van der Waals surface area (Å²) in [5, 5.41) is 8.49. The van der Waals surface area contributed by atoms with E-state index in [1.807, 2.05) is 0 Å². The zero-order chi connectivity index (χ0) is 15.6. The summed E-state index contributed by atoms with van der Waals surface area (Å²) >= 11 is 5.36. The Morgan fingerprint density at radius 3 is 2.25 bits per heavy atom. The molecular formula is C10H5ClF6N2O. The highest BCUT2D eigenvalue weighted by molar-refractivity contribution is 6.17. The van der Waals surface area contributed by atoms with Crippen molar-refractivity contribution in [3.63, 3.8) is 0 Å². The molecule has 1 rings (SSSR count). The minimum atomic E-state index is -5.18. The van der Waals surface area contributed by atoms with E-state index in [2.05, 4.69) is 9.72 Å². The number of aromatic nitrogens is 1. The molecule has 0 fully saturated rings. The topological polar surface area (TPSA) is 45.9 Å². The van der Waals surface area contributed by atoms with E-state index < -0.39 is 47.5 Å². The van der Waals surface area contributed by atoms with Crippen LogP contribution in [0.4, 0.5) is 26.3 Å². The van der Waals surface area contributed by atoms with E-state index >= 15 is 0 Å². The summed E-state index contributed by atoms with van der Waals surface area (Å²) in [6, 6.07) is 1.57. The highest BCUT2D eigenvalue weighted by atomic mass is 35.5. The van der Waals surface area contributed by atoms with Crippen molar-refractivity contribution >= 4 is 11.6 Å². The summed E-state index contributed by atoms with van der Waals surface area (Å²) in [7, 11) is 0. The molecule has 0 aliphatic rings. The lowest BCUT2D eigenvalue weighted by atomic mass is 10.0. The van der Waals surface area contributed by atoms with Crippen LogP contribution >= 0.6 is 11.6 Å². The van der Waals surface area contributed by atoms with E-state index in [1.54, 1.807) is 0 Å². The first-order valence-electron chi connectivity index (χ1n) is 4.87. The van der Waals surface area contributed by atoms with Gasteiger partial charge in [-0.25, -0.2) is 4.98 Å². The summed E-state index contributed by atoms with van der Waals surface area (Å²) in [4.78, 5) is 3.24. The molecule has 0 aliphatic carbocycles. The van der Waals surface area contributed by atoms with Gasteiger partial charge >= 0.3 is 12.5 Å². The summed E-state index contributed by atoms with van der Waals surface area (Å²) in [5.74, 6) is -1.86. The van der Waals surface area contributed by atoms with E-state index in [-0.39, 0.29) is 6.07 Å². The molecule has 1 aromatic heterocycles. The SMILES string of the molecule is N#CCc1c(C(F)(F)F)cc(OC(F)(F)F)nc1CCl. The Bertz CT molecular complexity index is 534. The molecule has 3 nitrogen and oxygen atoms in total. The summed E-state index contributed by atoms with van der Waals surface area (Å²) < 4.78 is 77.8. The molecule has 0 N–H and O–H groups in total. The second-order valence-corrected chi connectivity index (χ2v) is 3.71. The van der Waals surface area contributed by atoms with Gasteiger partial charge in [-0.05, 0) is 0 Å². The molecule has 110 valence electrons. The minimum Gasteiger partial charge on any atom is -0.388 e. The number of alkyl halides is 7. The zero-order valence-electron chi connectivity index (χ0n) is 9.44. The van der Waals surface area contributed by atoms with Crippen LogP contribution in [0.25, 0.3) is 0 Å². The van der Waals surface area contributed by atoms with E-state index in [0.29, 0.717) is 0 Å². The van der Waals surface area contributed by atoms with Crippen molar-refractivity contribution in [1.29, 1.82) is 5.26 Å². The maximum atomic E-state index is 12.8. The molecule has 0 saturated heterocycles. The smallest absolute Gasteiger partial charge is 0.388 e. The molecule has 10 heteroatoms. The van der Waals surface area contributed by atoms with Gasteiger partial charge in [0.25, 0.3) is 0 Å². The van der Waals surface area contributed by atoms with Gasteiger partial charge in [-0.3, -0.25) is 0 Å². The average Bonchev–Trinajstić information content (AvgIpc) is 2.27. The first-order valence-corrected chi connectivity index (χ1v) is 5.40. The third kappa shape index (κ3) is 4.16. The van der Waals surface area contributed by atoms with Gasteiger partial charge in [-0.2, -0.15) is 18.4 Å². The van der Waals surface area contributed by atoms with E-state index in [9.17, 15) is 26.3 Å². The van der Waals surface area contributed by atoms with Crippen molar-refractivity contribution in [2.24, 2.45) is 0 Å². The fourth-order valence-corrected chi connectivity index (χ4v) is 1.63. The number of rotatable bonds is 3. The first-order chi connectivity index (χ1) is 9.08. The van der Waals surface area contributed by atoms with Crippen LogP contribution in [0.3, 0.4) is 0 Å². The van der Waals surface area contributed by atoms with Crippen LogP contribution in [-0.4, -0.2) is 11.3 Å². The van der Waals surface area contributed by atoms with Gasteiger partial charge in [-0.15, -0.1) is 24.8 Å². The molecule has 0 amide bonds. The lowest BCUT2D eigenvalue weighted by molar-refractivity contribution is -0.276. The summed E-state index contributed by atoms with van der Waals surface area (Å²) in [6.07, 6.45) is -10.8. The third-order valence-electron chi connectivity index (χ3n) is 2.09. The molecule has 0 atom stereocenters. The van der Waals surface area contributed by atoms with Crippen molar-refractivity contribution in [3.05, 3.63) is 22.9 Å². The summed E-state index contributed by atoms with van der Waals surface area (Å²) in [5.41, 5.74) is -2.48. The Morgan fingerprint density at radius 2 is 1.85 bits per heavy atom. The monoisotopic (exact) mass is 318 g/mol. The molecular weight excluding hydrogens is 314 g/mol. The summed E-state index contributed by atoms with van der Waals surface area (Å²) in [6.45, 7) is 0. The standard InChI is InChI=1S/C10H5ClF6N2O/c11-4-7-5(1-2-18)6(9(12,13)14)3-8(19-7)20-10(15,16)17/h3H,1,4H2. The Morgan fingerprint density at radius 1 is 1.25 bits per heavy atom. The molecule has 0 spiro atoms. The van der Waals surface area contributed by atoms with Gasteiger partial charge in [-0.1, -0.05) is 0 Å². The molecule has 0 bridgehead atoms.